The number of benzene rings is 2. The molecule has 0 saturated heterocycles. The van der Waals surface area contributed by atoms with E-state index in [0.717, 1.165) is 45.2 Å². The van der Waals surface area contributed by atoms with Crippen molar-refractivity contribution in [1.29, 1.82) is 0 Å². The molecule has 0 unspecified atom stereocenters. The van der Waals surface area contributed by atoms with Crippen molar-refractivity contribution >= 4 is 29.5 Å². The topological polar surface area (TPSA) is 133 Å². The minimum atomic E-state index is -1.36. The van der Waals surface area contributed by atoms with E-state index < -0.39 is 29.5 Å². The molecule has 2 aromatic rings. The number of aromatic carboxylic acids is 1. The Balaban J connectivity index is 1.79. The fourth-order valence-corrected chi connectivity index (χ4v) is 4.76. The van der Waals surface area contributed by atoms with Crippen molar-refractivity contribution in [3.63, 3.8) is 0 Å². The molecule has 0 amide bonds. The normalized spacial score (nSPS) is 12.0. The second kappa shape index (κ2) is 14.4. The molecule has 0 atom stereocenters. The van der Waals surface area contributed by atoms with Gasteiger partial charge in [-0.1, -0.05) is 64.7 Å². The van der Waals surface area contributed by atoms with Gasteiger partial charge in [0.2, 0.25) is 5.78 Å². The van der Waals surface area contributed by atoms with Crippen LogP contribution < -0.4 is 14.2 Å². The number of carbonyl (C=O) groups excluding carboxylic acids is 4. The number of carboxylic acid groups (broad SMARTS) is 1. The Hall–Kier alpha value is -4.01. The third kappa shape index (κ3) is 7.77. The Morgan fingerprint density at radius 2 is 1.18 bits per heavy atom. The van der Waals surface area contributed by atoms with Crippen molar-refractivity contribution in [1.82, 2.24) is 0 Å². The van der Waals surface area contributed by atoms with Crippen LogP contribution in [0.4, 0.5) is 0 Å². The summed E-state index contributed by atoms with van der Waals surface area (Å²) in [4.78, 5) is 62.3. The van der Waals surface area contributed by atoms with Gasteiger partial charge in [-0.05, 0) is 24.6 Å². The van der Waals surface area contributed by atoms with Gasteiger partial charge in [0, 0.05) is 31.0 Å². The number of carbonyl (C=O) groups is 5. The van der Waals surface area contributed by atoms with Gasteiger partial charge in [0.1, 0.15) is 17.2 Å². The van der Waals surface area contributed by atoms with Gasteiger partial charge in [0.15, 0.2) is 5.78 Å². The van der Waals surface area contributed by atoms with Gasteiger partial charge in [0.05, 0.1) is 23.3 Å². The number of hydrogen-bond donors (Lipinski definition) is 1. The molecule has 0 aliphatic heterocycles. The second-order valence-corrected chi connectivity index (χ2v) is 9.92. The van der Waals surface area contributed by atoms with Crippen molar-refractivity contribution < 1.29 is 43.3 Å². The van der Waals surface area contributed by atoms with Crippen LogP contribution in [0.3, 0.4) is 0 Å². The molecule has 0 bridgehead atoms. The Labute approximate surface area is 233 Å². The third-order valence-corrected chi connectivity index (χ3v) is 6.64. The number of hydrogen-bond acceptors (Lipinski definition) is 8. The molecule has 0 heterocycles. The molecular formula is C31H36O9. The molecule has 0 radical (unpaired) electrons. The Morgan fingerprint density at radius 3 is 1.70 bits per heavy atom. The SMILES string of the molecule is CCCCCCCCCCCCOc1cc(OC(C)=O)c2c(c1)C(=O)c1cc(C(=O)O)cc(OC(C)=O)c1C2=O. The van der Waals surface area contributed by atoms with Gasteiger partial charge < -0.3 is 19.3 Å². The minimum Gasteiger partial charge on any atom is -0.493 e. The average molecular weight is 553 g/mol. The first-order valence-corrected chi connectivity index (χ1v) is 13.8. The minimum absolute atomic E-state index is 0.0920. The number of unbranched alkanes of at least 4 members (excludes halogenated alkanes) is 9. The van der Waals surface area contributed by atoms with Crippen molar-refractivity contribution in [2.75, 3.05) is 6.61 Å². The van der Waals surface area contributed by atoms with Crippen LogP contribution in [-0.4, -0.2) is 41.2 Å². The van der Waals surface area contributed by atoms with Crippen LogP contribution in [0.1, 0.15) is 127 Å². The number of fused-ring (bicyclic) bond motifs is 2. The van der Waals surface area contributed by atoms with Crippen molar-refractivity contribution in [2.24, 2.45) is 0 Å². The van der Waals surface area contributed by atoms with Crippen LogP contribution in [0, 0.1) is 0 Å². The van der Waals surface area contributed by atoms with E-state index in [-0.39, 0.29) is 45.1 Å². The van der Waals surface area contributed by atoms with E-state index in [2.05, 4.69) is 6.92 Å². The highest BCUT2D eigenvalue weighted by molar-refractivity contribution is 6.31. The van der Waals surface area contributed by atoms with Gasteiger partial charge in [0.25, 0.3) is 0 Å². The molecule has 1 N–H and O–H groups in total. The van der Waals surface area contributed by atoms with Crippen LogP contribution in [0.5, 0.6) is 17.2 Å². The fraction of sp³-hybridized carbons (Fsp3) is 0.452. The van der Waals surface area contributed by atoms with E-state index in [1.165, 1.54) is 57.1 Å². The zero-order valence-corrected chi connectivity index (χ0v) is 23.3. The lowest BCUT2D eigenvalue weighted by Gasteiger charge is -2.23. The molecular weight excluding hydrogens is 516 g/mol. The molecule has 1 aliphatic rings. The summed E-state index contributed by atoms with van der Waals surface area (Å²) < 4.78 is 16.2. The van der Waals surface area contributed by atoms with Crippen LogP contribution in [0.15, 0.2) is 24.3 Å². The lowest BCUT2D eigenvalue weighted by molar-refractivity contribution is -0.132. The molecule has 0 aromatic heterocycles. The quantitative estimate of drug-likeness (QED) is 0.131. The van der Waals surface area contributed by atoms with Crippen molar-refractivity contribution in [3.8, 4) is 17.2 Å². The van der Waals surface area contributed by atoms with E-state index in [1.807, 2.05) is 0 Å². The molecule has 214 valence electrons. The number of ether oxygens (including phenoxy) is 3. The first-order chi connectivity index (χ1) is 19.1. The van der Waals surface area contributed by atoms with E-state index >= 15 is 0 Å². The molecule has 0 fully saturated rings. The van der Waals surface area contributed by atoms with Crippen molar-refractivity contribution in [2.45, 2.75) is 85.0 Å². The van der Waals surface area contributed by atoms with E-state index in [1.54, 1.807) is 0 Å². The summed E-state index contributed by atoms with van der Waals surface area (Å²) in [6.45, 7) is 4.83. The average Bonchev–Trinajstić information content (AvgIpc) is 2.89. The number of rotatable bonds is 15. The van der Waals surface area contributed by atoms with E-state index in [4.69, 9.17) is 14.2 Å². The van der Waals surface area contributed by atoms with E-state index in [0.29, 0.717) is 6.61 Å². The van der Waals surface area contributed by atoms with Crippen molar-refractivity contribution in [3.05, 3.63) is 52.1 Å². The maximum absolute atomic E-state index is 13.6. The maximum Gasteiger partial charge on any atom is 0.335 e. The smallest absolute Gasteiger partial charge is 0.335 e. The maximum atomic E-state index is 13.6. The van der Waals surface area contributed by atoms with Gasteiger partial charge >= 0.3 is 17.9 Å². The van der Waals surface area contributed by atoms with Crippen LogP contribution >= 0.6 is 0 Å². The molecule has 2 aromatic carbocycles. The van der Waals surface area contributed by atoms with Gasteiger partial charge in [-0.15, -0.1) is 0 Å². The molecule has 1 aliphatic carbocycles. The molecule has 3 rings (SSSR count). The third-order valence-electron chi connectivity index (χ3n) is 6.64. The summed E-state index contributed by atoms with van der Waals surface area (Å²) in [6, 6.07) is 4.84. The van der Waals surface area contributed by atoms with Crippen LogP contribution in [0.25, 0.3) is 0 Å². The molecule has 0 saturated carbocycles. The number of esters is 2. The predicted octanol–water partition coefficient (Wildman–Crippen LogP) is 6.31. The largest absolute Gasteiger partial charge is 0.493 e. The Morgan fingerprint density at radius 1 is 0.675 bits per heavy atom. The van der Waals surface area contributed by atoms with Gasteiger partial charge in [-0.25, -0.2) is 4.79 Å². The predicted molar refractivity (Wildman–Crippen MR) is 147 cm³/mol. The monoisotopic (exact) mass is 552 g/mol. The highest BCUT2D eigenvalue weighted by Gasteiger charge is 2.37. The highest BCUT2D eigenvalue weighted by Crippen LogP contribution is 2.40. The second-order valence-electron chi connectivity index (χ2n) is 9.92. The fourth-order valence-electron chi connectivity index (χ4n) is 4.76. The number of carboxylic acids is 1. The first-order valence-electron chi connectivity index (χ1n) is 13.8. The van der Waals surface area contributed by atoms with Gasteiger partial charge in [-0.2, -0.15) is 0 Å². The molecule has 9 nitrogen and oxygen atoms in total. The summed E-state index contributed by atoms with van der Waals surface area (Å²) in [7, 11) is 0. The van der Waals surface area contributed by atoms with Gasteiger partial charge in [-0.3, -0.25) is 19.2 Å². The van der Waals surface area contributed by atoms with Crippen LogP contribution in [0.2, 0.25) is 0 Å². The summed E-state index contributed by atoms with van der Waals surface area (Å²) in [5.74, 6) is -4.58. The van der Waals surface area contributed by atoms with Crippen LogP contribution in [-0.2, 0) is 9.59 Å². The zero-order valence-electron chi connectivity index (χ0n) is 23.3. The lowest BCUT2D eigenvalue weighted by atomic mass is 9.82. The Kier molecular flexibility index (Phi) is 11.0. The summed E-state index contributed by atoms with van der Waals surface area (Å²) >= 11 is 0. The summed E-state index contributed by atoms with van der Waals surface area (Å²) in [5, 5.41) is 9.50. The molecule has 9 heteroatoms. The first kappa shape index (κ1) is 30.5. The zero-order chi connectivity index (χ0) is 29.2. The standard InChI is InChI=1S/C31H36O9/c1-4-5-6-7-8-9-10-11-12-13-14-38-22-17-24-28(26(18-22)40-20(3)33)30(35)27-23(29(24)34)15-21(31(36)37)16-25(27)39-19(2)32/h15-18H,4-14H2,1-3H3,(H,36,37). The lowest BCUT2D eigenvalue weighted by Crippen LogP contribution is -2.25. The number of ketones is 2. The molecule has 40 heavy (non-hydrogen) atoms. The molecule has 0 spiro atoms. The Bertz CT molecular complexity index is 1290. The summed E-state index contributed by atoms with van der Waals surface area (Å²) in [5.41, 5.74) is -1.10. The highest BCUT2D eigenvalue weighted by atomic mass is 16.5. The van der Waals surface area contributed by atoms with E-state index in [9.17, 15) is 29.1 Å². The summed E-state index contributed by atoms with van der Waals surface area (Å²) in [6.07, 6.45) is 11.7.